The number of halogens is 3. The molecule has 33 heavy (non-hydrogen) atoms. The number of benzene rings is 2. The molecule has 1 saturated carbocycles. The van der Waals surface area contributed by atoms with Gasteiger partial charge in [0.05, 0.1) is 5.52 Å². The van der Waals surface area contributed by atoms with E-state index in [1.807, 2.05) is 0 Å². The summed E-state index contributed by atoms with van der Waals surface area (Å²) in [5, 5.41) is 14.4. The summed E-state index contributed by atoms with van der Waals surface area (Å²) in [4.78, 5) is 16.4. The Morgan fingerprint density at radius 2 is 1.64 bits per heavy atom. The van der Waals surface area contributed by atoms with Crippen molar-refractivity contribution in [1.82, 2.24) is 20.6 Å². The monoisotopic (exact) mass is 455 g/mol. The van der Waals surface area contributed by atoms with Crippen molar-refractivity contribution in [2.45, 2.75) is 43.9 Å². The third-order valence-electron chi connectivity index (χ3n) is 5.94. The summed E-state index contributed by atoms with van der Waals surface area (Å²) in [5.74, 6) is -0.203. The Morgan fingerprint density at radius 3 is 2.42 bits per heavy atom. The highest BCUT2D eigenvalue weighted by molar-refractivity contribution is 5.97. The Bertz CT molecular complexity index is 1310. The summed E-state index contributed by atoms with van der Waals surface area (Å²) in [6.07, 6.45) is -1.66. The molecule has 0 bridgehead atoms. The molecule has 0 radical (unpaired) electrons. The Hall–Kier alpha value is -3.69. The van der Waals surface area contributed by atoms with Gasteiger partial charge in [0.2, 0.25) is 0 Å². The number of carbonyl (C=O) groups is 1. The Morgan fingerprint density at radius 1 is 0.909 bits per heavy atom. The predicted molar refractivity (Wildman–Crippen MR) is 116 cm³/mol. The molecule has 1 aliphatic carbocycles. The van der Waals surface area contributed by atoms with E-state index in [1.54, 1.807) is 42.5 Å². The van der Waals surface area contributed by atoms with Gasteiger partial charge in [0, 0.05) is 28.7 Å². The molecule has 0 aliphatic heterocycles. The largest absolute Gasteiger partial charge is 0.433 e. The first-order chi connectivity index (χ1) is 15.9. The second-order valence-corrected chi connectivity index (χ2v) is 8.20. The van der Waals surface area contributed by atoms with Crippen molar-refractivity contribution < 1.29 is 22.6 Å². The van der Waals surface area contributed by atoms with Crippen molar-refractivity contribution >= 4 is 33.5 Å². The Kier molecular flexibility index (Phi) is 5.35. The number of nitrogens with one attached hydrogen (secondary N) is 2. The fourth-order valence-corrected chi connectivity index (χ4v) is 4.23. The van der Waals surface area contributed by atoms with Gasteiger partial charge in [0.15, 0.2) is 0 Å². The molecule has 2 heterocycles. The molecule has 0 spiro atoms. The van der Waals surface area contributed by atoms with Gasteiger partial charge in [-0.25, -0.2) is 9.61 Å². The molecule has 1 aliphatic rings. The van der Waals surface area contributed by atoms with Crippen molar-refractivity contribution in [1.29, 1.82) is 0 Å². The average molecular weight is 455 g/mol. The first-order valence-electron chi connectivity index (χ1n) is 10.6. The number of para-hydroxylation sites is 1. The number of rotatable bonds is 4. The summed E-state index contributed by atoms with van der Waals surface area (Å²) in [6.45, 7) is 0. The third kappa shape index (κ3) is 4.46. The van der Waals surface area contributed by atoms with Crippen LogP contribution in [0.25, 0.3) is 21.9 Å². The van der Waals surface area contributed by atoms with E-state index in [0.717, 1.165) is 18.9 Å². The molecule has 0 atom stereocenters. The number of pyridine rings is 1. The maximum absolute atomic E-state index is 13.3. The van der Waals surface area contributed by atoms with Gasteiger partial charge in [-0.3, -0.25) is 4.79 Å². The maximum Gasteiger partial charge on any atom is 0.433 e. The van der Waals surface area contributed by atoms with E-state index in [9.17, 15) is 18.0 Å². The Balaban J connectivity index is 1.24. The molecular weight excluding hydrogens is 435 g/mol. The number of alkyl halides is 3. The standard InChI is InChI=1S/C23H20F3N5O2/c24-23(25,26)21-12-19(16-3-1-2-4-17(16)29-21)27-14-6-8-15(9-7-14)28-22(32)13-5-10-18-20(11-13)31-33-30-18/h1-5,10-12,14-15H,6-9H2,(H,27,29)(H,28,32). The molecule has 7 nitrogen and oxygen atoms in total. The molecule has 4 aromatic rings. The minimum absolute atomic E-state index is 0.00240. The molecule has 1 fully saturated rings. The van der Waals surface area contributed by atoms with E-state index in [-0.39, 0.29) is 18.0 Å². The number of amides is 1. The van der Waals surface area contributed by atoms with Crippen LogP contribution in [0.5, 0.6) is 0 Å². The van der Waals surface area contributed by atoms with Crippen LogP contribution in [0.3, 0.4) is 0 Å². The molecule has 5 rings (SSSR count). The fourth-order valence-electron chi connectivity index (χ4n) is 4.23. The summed E-state index contributed by atoms with van der Waals surface area (Å²) >= 11 is 0. The summed E-state index contributed by atoms with van der Waals surface area (Å²) in [7, 11) is 0. The van der Waals surface area contributed by atoms with Crippen molar-refractivity contribution in [2.75, 3.05) is 5.32 Å². The van der Waals surface area contributed by atoms with E-state index >= 15 is 0 Å². The normalized spacial score (nSPS) is 19.0. The van der Waals surface area contributed by atoms with Crippen LogP contribution in [-0.2, 0) is 6.18 Å². The molecule has 2 aromatic heterocycles. The van der Waals surface area contributed by atoms with E-state index in [0.29, 0.717) is 46.0 Å². The van der Waals surface area contributed by atoms with E-state index in [2.05, 4.69) is 30.6 Å². The lowest BCUT2D eigenvalue weighted by atomic mass is 9.90. The van der Waals surface area contributed by atoms with Crippen LogP contribution >= 0.6 is 0 Å². The van der Waals surface area contributed by atoms with Gasteiger partial charge < -0.3 is 10.6 Å². The molecule has 2 aromatic carbocycles. The summed E-state index contributed by atoms with van der Waals surface area (Å²) in [6, 6.07) is 12.8. The molecule has 10 heteroatoms. The van der Waals surface area contributed by atoms with Gasteiger partial charge in [0.25, 0.3) is 5.91 Å². The van der Waals surface area contributed by atoms with Gasteiger partial charge in [-0.05, 0) is 66.3 Å². The van der Waals surface area contributed by atoms with Gasteiger partial charge in [0.1, 0.15) is 16.7 Å². The second-order valence-electron chi connectivity index (χ2n) is 8.20. The molecular formula is C23H20F3N5O2. The molecule has 0 unspecified atom stereocenters. The summed E-state index contributed by atoms with van der Waals surface area (Å²) in [5.41, 5.74) is 1.38. The minimum Gasteiger partial charge on any atom is -0.382 e. The van der Waals surface area contributed by atoms with Crippen LogP contribution in [0, 0.1) is 0 Å². The summed E-state index contributed by atoms with van der Waals surface area (Å²) < 4.78 is 44.6. The lowest BCUT2D eigenvalue weighted by Gasteiger charge is -2.30. The van der Waals surface area contributed by atoms with Crippen molar-refractivity contribution in [2.24, 2.45) is 0 Å². The zero-order valence-corrected chi connectivity index (χ0v) is 17.4. The van der Waals surface area contributed by atoms with Gasteiger partial charge in [-0.1, -0.05) is 18.2 Å². The highest BCUT2D eigenvalue weighted by Crippen LogP contribution is 2.34. The van der Waals surface area contributed by atoms with E-state index in [4.69, 9.17) is 0 Å². The van der Waals surface area contributed by atoms with Crippen molar-refractivity contribution in [3.8, 4) is 0 Å². The van der Waals surface area contributed by atoms with Crippen LogP contribution in [0.4, 0.5) is 18.9 Å². The zero-order valence-electron chi connectivity index (χ0n) is 17.4. The SMILES string of the molecule is O=C(NC1CCC(Nc2cc(C(F)(F)F)nc3ccccc23)CC1)c1ccc2nonc2c1. The quantitative estimate of drug-likeness (QED) is 0.453. The lowest BCUT2D eigenvalue weighted by Crippen LogP contribution is -2.40. The highest BCUT2D eigenvalue weighted by Gasteiger charge is 2.34. The van der Waals surface area contributed by atoms with E-state index < -0.39 is 11.9 Å². The predicted octanol–water partition coefficient (Wildman–Crippen LogP) is 4.94. The maximum atomic E-state index is 13.3. The molecule has 1 amide bonds. The van der Waals surface area contributed by atoms with E-state index in [1.165, 1.54) is 0 Å². The van der Waals surface area contributed by atoms with Crippen LogP contribution in [-0.4, -0.2) is 33.3 Å². The average Bonchev–Trinajstić information content (AvgIpc) is 3.27. The number of nitrogens with zero attached hydrogens (tertiary/aromatic N) is 3. The van der Waals surface area contributed by atoms with Crippen LogP contribution in [0.2, 0.25) is 0 Å². The minimum atomic E-state index is -4.52. The second kappa shape index (κ2) is 8.34. The molecule has 0 saturated heterocycles. The zero-order chi connectivity index (χ0) is 23.0. The van der Waals surface area contributed by atoms with Gasteiger partial charge >= 0.3 is 6.18 Å². The smallest absolute Gasteiger partial charge is 0.382 e. The number of hydrogen-bond acceptors (Lipinski definition) is 6. The molecule has 2 N–H and O–H groups in total. The number of anilines is 1. The van der Waals surface area contributed by atoms with Gasteiger partial charge in [-0.15, -0.1) is 0 Å². The van der Waals surface area contributed by atoms with Crippen LogP contribution in [0.1, 0.15) is 41.7 Å². The first-order valence-corrected chi connectivity index (χ1v) is 10.6. The number of hydrogen-bond donors (Lipinski definition) is 2. The third-order valence-corrected chi connectivity index (χ3v) is 5.94. The fraction of sp³-hybridized carbons (Fsp3) is 0.304. The van der Waals surface area contributed by atoms with Crippen LogP contribution in [0.15, 0.2) is 53.2 Å². The number of carbonyl (C=O) groups excluding carboxylic acids is 1. The molecule has 170 valence electrons. The first kappa shape index (κ1) is 21.2. The number of aromatic nitrogens is 3. The Labute approximate surface area is 186 Å². The van der Waals surface area contributed by atoms with Crippen molar-refractivity contribution in [3.63, 3.8) is 0 Å². The van der Waals surface area contributed by atoms with Gasteiger partial charge in [-0.2, -0.15) is 13.2 Å². The number of fused-ring (bicyclic) bond motifs is 2. The topological polar surface area (TPSA) is 92.9 Å². The van der Waals surface area contributed by atoms with Crippen molar-refractivity contribution in [3.05, 3.63) is 59.8 Å². The highest BCUT2D eigenvalue weighted by atomic mass is 19.4. The van der Waals surface area contributed by atoms with Crippen LogP contribution < -0.4 is 10.6 Å². The lowest BCUT2D eigenvalue weighted by molar-refractivity contribution is -0.140.